The molecule has 0 aliphatic carbocycles. The second-order valence-electron chi connectivity index (χ2n) is 5.76. The van der Waals surface area contributed by atoms with Gasteiger partial charge in [0.15, 0.2) is 5.82 Å². The number of nitrogens with zero attached hydrogens (tertiary/aromatic N) is 5. The van der Waals surface area contributed by atoms with Gasteiger partial charge in [0, 0.05) is 46.2 Å². The molecule has 9 nitrogen and oxygen atoms in total. The highest BCUT2D eigenvalue weighted by Crippen LogP contribution is 2.19. The lowest BCUT2D eigenvalue weighted by Gasteiger charge is -2.21. The summed E-state index contributed by atoms with van der Waals surface area (Å²) in [5, 5.41) is 10.7. The van der Waals surface area contributed by atoms with E-state index in [-0.39, 0.29) is 18.2 Å². The van der Waals surface area contributed by atoms with Crippen LogP contribution in [0.25, 0.3) is 0 Å². The summed E-state index contributed by atoms with van der Waals surface area (Å²) in [6, 6.07) is 3.00. The summed E-state index contributed by atoms with van der Waals surface area (Å²) in [6.07, 6.45) is 0.572. The predicted octanol–water partition coefficient (Wildman–Crippen LogP) is 0.141. The van der Waals surface area contributed by atoms with Crippen LogP contribution in [0.1, 0.15) is 6.42 Å². The summed E-state index contributed by atoms with van der Waals surface area (Å²) in [7, 11) is 3.78. The van der Waals surface area contributed by atoms with Gasteiger partial charge in [-0.1, -0.05) is 0 Å². The predicted molar refractivity (Wildman–Crippen MR) is 82.5 cm³/mol. The van der Waals surface area contributed by atoms with Gasteiger partial charge in [-0.3, -0.25) is 0 Å². The van der Waals surface area contributed by atoms with Crippen molar-refractivity contribution < 1.29 is 14.3 Å². The molecular weight excluding hydrogens is 300 g/mol. The van der Waals surface area contributed by atoms with Crippen molar-refractivity contribution in [2.24, 2.45) is 0 Å². The van der Waals surface area contributed by atoms with Crippen LogP contribution < -0.4 is 15.0 Å². The Labute approximate surface area is 134 Å². The number of carbonyl (C=O) groups excluding carboxylic acids is 2. The van der Waals surface area contributed by atoms with Crippen molar-refractivity contribution >= 4 is 17.9 Å². The number of hydrogen-bond acceptors (Lipinski definition) is 6. The van der Waals surface area contributed by atoms with Crippen molar-refractivity contribution in [1.82, 2.24) is 25.3 Å². The van der Waals surface area contributed by atoms with E-state index in [2.05, 4.69) is 15.5 Å². The third-order valence-electron chi connectivity index (χ3n) is 3.87. The van der Waals surface area contributed by atoms with Crippen molar-refractivity contribution in [1.29, 1.82) is 0 Å². The fourth-order valence-electron chi connectivity index (χ4n) is 2.61. The van der Waals surface area contributed by atoms with E-state index in [1.807, 2.05) is 25.1 Å². The molecule has 3 heterocycles. The summed E-state index contributed by atoms with van der Waals surface area (Å²) in [6.45, 7) is 1.93. The zero-order valence-corrected chi connectivity index (χ0v) is 13.2. The number of imide groups is 1. The van der Waals surface area contributed by atoms with Crippen LogP contribution in [-0.2, 0) is 0 Å². The average molecular weight is 320 g/mol. The van der Waals surface area contributed by atoms with Gasteiger partial charge in [-0.05, 0) is 6.07 Å². The lowest BCUT2D eigenvalue weighted by molar-refractivity contribution is 0.160. The second kappa shape index (κ2) is 6.27. The van der Waals surface area contributed by atoms with Crippen LogP contribution in [0, 0.1) is 0 Å². The SMILES string of the molecule is CN(C)c1ccc(OC2CCN(C(=O)N3CCNC3=O)C2)nn1. The van der Waals surface area contributed by atoms with Crippen LogP contribution >= 0.6 is 0 Å². The van der Waals surface area contributed by atoms with Gasteiger partial charge in [-0.25, -0.2) is 14.5 Å². The molecule has 0 aromatic carbocycles. The molecule has 2 saturated heterocycles. The smallest absolute Gasteiger partial charge is 0.328 e. The number of likely N-dealkylation sites (tertiary alicyclic amines) is 1. The maximum Gasteiger partial charge on any atom is 0.328 e. The van der Waals surface area contributed by atoms with Gasteiger partial charge in [0.05, 0.1) is 6.54 Å². The minimum atomic E-state index is -0.329. The zero-order valence-electron chi connectivity index (χ0n) is 13.2. The molecule has 124 valence electrons. The lowest BCUT2D eigenvalue weighted by Crippen LogP contribution is -2.44. The topological polar surface area (TPSA) is 90.9 Å². The van der Waals surface area contributed by atoms with E-state index >= 15 is 0 Å². The molecule has 1 unspecified atom stereocenters. The van der Waals surface area contributed by atoms with Gasteiger partial charge in [0.25, 0.3) is 0 Å². The Bertz CT molecular complexity index is 591. The number of carbonyl (C=O) groups is 2. The quantitative estimate of drug-likeness (QED) is 0.852. The molecular formula is C14H20N6O3. The molecule has 23 heavy (non-hydrogen) atoms. The molecule has 0 bridgehead atoms. The Morgan fingerprint density at radius 2 is 2.17 bits per heavy atom. The molecule has 2 fully saturated rings. The normalized spacial score (nSPS) is 20.6. The number of nitrogens with one attached hydrogen (secondary N) is 1. The third-order valence-corrected chi connectivity index (χ3v) is 3.87. The number of amides is 4. The molecule has 3 rings (SSSR count). The summed E-state index contributed by atoms with van der Waals surface area (Å²) in [5.74, 6) is 1.19. The van der Waals surface area contributed by atoms with Crippen molar-refractivity contribution in [3.05, 3.63) is 12.1 Å². The number of aromatic nitrogens is 2. The van der Waals surface area contributed by atoms with Gasteiger partial charge in [-0.15, -0.1) is 10.2 Å². The van der Waals surface area contributed by atoms with Gasteiger partial charge in [-0.2, -0.15) is 0 Å². The molecule has 1 N–H and O–H groups in total. The molecule has 1 atom stereocenters. The van der Waals surface area contributed by atoms with Crippen LogP contribution in [0.15, 0.2) is 12.1 Å². The first-order valence-electron chi connectivity index (χ1n) is 7.56. The average Bonchev–Trinajstić information content (AvgIpc) is 3.16. The van der Waals surface area contributed by atoms with Gasteiger partial charge in [0.1, 0.15) is 6.10 Å². The summed E-state index contributed by atoms with van der Waals surface area (Å²) in [5.41, 5.74) is 0. The molecule has 1 aromatic rings. The van der Waals surface area contributed by atoms with Crippen molar-refractivity contribution in [2.75, 3.05) is 45.2 Å². The van der Waals surface area contributed by atoms with Gasteiger partial charge < -0.3 is 19.9 Å². The molecule has 0 spiro atoms. The fraction of sp³-hybridized carbons (Fsp3) is 0.571. The minimum Gasteiger partial charge on any atom is -0.471 e. The molecule has 9 heteroatoms. The van der Waals surface area contributed by atoms with Crippen LogP contribution in [0.5, 0.6) is 5.88 Å². The highest BCUT2D eigenvalue weighted by molar-refractivity contribution is 5.95. The van der Waals surface area contributed by atoms with Crippen LogP contribution in [-0.4, -0.2) is 78.4 Å². The number of anilines is 1. The number of urea groups is 2. The first-order valence-corrected chi connectivity index (χ1v) is 7.56. The highest BCUT2D eigenvalue weighted by atomic mass is 16.5. The van der Waals surface area contributed by atoms with Crippen LogP contribution in [0.4, 0.5) is 15.4 Å². The Hall–Kier alpha value is -2.58. The van der Waals surface area contributed by atoms with E-state index in [0.717, 1.165) is 5.82 Å². The monoisotopic (exact) mass is 320 g/mol. The Balaban J connectivity index is 1.55. The molecule has 2 aliphatic rings. The Kier molecular flexibility index (Phi) is 4.18. The van der Waals surface area contributed by atoms with E-state index in [1.165, 1.54) is 4.90 Å². The third kappa shape index (κ3) is 3.27. The van der Waals surface area contributed by atoms with E-state index in [0.29, 0.717) is 38.5 Å². The number of ether oxygens (including phenoxy) is 1. The van der Waals surface area contributed by atoms with E-state index in [1.54, 1.807) is 11.0 Å². The van der Waals surface area contributed by atoms with Crippen LogP contribution in [0.2, 0.25) is 0 Å². The van der Waals surface area contributed by atoms with E-state index in [9.17, 15) is 9.59 Å². The second-order valence-corrected chi connectivity index (χ2v) is 5.76. The first kappa shape index (κ1) is 15.3. The maximum absolute atomic E-state index is 12.3. The van der Waals surface area contributed by atoms with Crippen molar-refractivity contribution in [3.63, 3.8) is 0 Å². The van der Waals surface area contributed by atoms with E-state index in [4.69, 9.17) is 4.74 Å². The van der Waals surface area contributed by atoms with Gasteiger partial charge >= 0.3 is 12.1 Å². The molecule has 0 radical (unpaired) electrons. The van der Waals surface area contributed by atoms with E-state index < -0.39 is 0 Å². The highest BCUT2D eigenvalue weighted by Gasteiger charge is 2.35. The summed E-state index contributed by atoms with van der Waals surface area (Å²) < 4.78 is 5.77. The largest absolute Gasteiger partial charge is 0.471 e. The maximum atomic E-state index is 12.3. The molecule has 2 aliphatic heterocycles. The Morgan fingerprint density at radius 3 is 2.78 bits per heavy atom. The number of hydrogen-bond donors (Lipinski definition) is 1. The molecule has 1 aromatic heterocycles. The van der Waals surface area contributed by atoms with Crippen LogP contribution in [0.3, 0.4) is 0 Å². The minimum absolute atomic E-state index is 0.135. The Morgan fingerprint density at radius 1 is 1.35 bits per heavy atom. The number of rotatable bonds is 3. The van der Waals surface area contributed by atoms with Crippen molar-refractivity contribution in [3.8, 4) is 5.88 Å². The molecule has 4 amide bonds. The van der Waals surface area contributed by atoms with Gasteiger partial charge in [0.2, 0.25) is 5.88 Å². The lowest BCUT2D eigenvalue weighted by atomic mass is 10.3. The molecule has 0 saturated carbocycles. The van der Waals surface area contributed by atoms with Crippen molar-refractivity contribution in [2.45, 2.75) is 12.5 Å². The summed E-state index contributed by atoms with van der Waals surface area (Å²) in [4.78, 5) is 28.5. The summed E-state index contributed by atoms with van der Waals surface area (Å²) >= 11 is 0. The first-order chi connectivity index (χ1) is 11.0. The standard InChI is InChI=1S/C14H20N6O3/c1-18(2)11-3-4-12(17-16-11)23-10-5-7-19(9-10)14(22)20-8-6-15-13(20)21/h3-4,10H,5-9H2,1-2H3,(H,15,21). The fourth-order valence-corrected chi connectivity index (χ4v) is 2.61. The zero-order chi connectivity index (χ0) is 16.4.